The zero-order valence-electron chi connectivity index (χ0n) is 44.6. The molecular formula is C62H106O6. The van der Waals surface area contributed by atoms with E-state index in [2.05, 4.69) is 99.8 Å². The first-order chi connectivity index (χ1) is 33.5. The molecule has 0 aliphatic rings. The van der Waals surface area contributed by atoms with Crippen molar-refractivity contribution in [1.29, 1.82) is 0 Å². The number of hydrogen-bond acceptors (Lipinski definition) is 6. The molecule has 0 saturated heterocycles. The third kappa shape index (κ3) is 53.5. The second-order valence-electron chi connectivity index (χ2n) is 18.8. The van der Waals surface area contributed by atoms with Gasteiger partial charge in [0.25, 0.3) is 0 Å². The summed E-state index contributed by atoms with van der Waals surface area (Å²) in [7, 11) is 0. The lowest BCUT2D eigenvalue weighted by atomic mass is 10.0. The highest BCUT2D eigenvalue weighted by atomic mass is 16.6. The van der Waals surface area contributed by atoms with Gasteiger partial charge in [-0.05, 0) is 77.0 Å². The van der Waals surface area contributed by atoms with Crippen LogP contribution in [0.25, 0.3) is 0 Å². The smallest absolute Gasteiger partial charge is 0.306 e. The molecule has 0 aromatic heterocycles. The lowest BCUT2D eigenvalue weighted by Gasteiger charge is -2.18. The van der Waals surface area contributed by atoms with E-state index in [0.29, 0.717) is 19.3 Å². The van der Waals surface area contributed by atoms with E-state index in [9.17, 15) is 14.4 Å². The summed E-state index contributed by atoms with van der Waals surface area (Å²) in [5.41, 5.74) is 0. The first kappa shape index (κ1) is 64.6. The van der Waals surface area contributed by atoms with Gasteiger partial charge in [-0.25, -0.2) is 0 Å². The van der Waals surface area contributed by atoms with Crippen LogP contribution >= 0.6 is 0 Å². The lowest BCUT2D eigenvalue weighted by Crippen LogP contribution is -2.30. The quantitative estimate of drug-likeness (QED) is 0.0262. The first-order valence-corrected chi connectivity index (χ1v) is 28.6. The van der Waals surface area contributed by atoms with Gasteiger partial charge in [-0.1, -0.05) is 260 Å². The molecule has 0 amide bonds. The van der Waals surface area contributed by atoms with Crippen molar-refractivity contribution >= 4 is 17.9 Å². The normalized spacial score (nSPS) is 12.7. The molecule has 6 heteroatoms. The van der Waals surface area contributed by atoms with E-state index in [-0.39, 0.29) is 37.5 Å². The number of rotatable bonds is 51. The number of unbranched alkanes of at least 4 members (excludes halogenated alkanes) is 26. The fraction of sp³-hybridized carbons (Fsp3) is 0.726. The predicted octanol–water partition coefficient (Wildman–Crippen LogP) is 19.2. The molecule has 0 N–H and O–H groups in total. The summed E-state index contributed by atoms with van der Waals surface area (Å²) in [6.45, 7) is 6.36. The Bertz CT molecular complexity index is 1320. The second-order valence-corrected chi connectivity index (χ2v) is 18.8. The van der Waals surface area contributed by atoms with Gasteiger partial charge < -0.3 is 14.2 Å². The number of hydrogen-bond donors (Lipinski definition) is 0. The van der Waals surface area contributed by atoms with Crippen molar-refractivity contribution in [3.63, 3.8) is 0 Å². The van der Waals surface area contributed by atoms with Crippen LogP contribution in [0.5, 0.6) is 0 Å². The lowest BCUT2D eigenvalue weighted by molar-refractivity contribution is -0.166. The Hall–Kier alpha value is -3.41. The van der Waals surface area contributed by atoms with Crippen LogP contribution in [0.4, 0.5) is 0 Å². The summed E-state index contributed by atoms with van der Waals surface area (Å²) in [5.74, 6) is -0.989. The Morgan fingerprint density at radius 3 is 0.985 bits per heavy atom. The minimum Gasteiger partial charge on any atom is -0.462 e. The van der Waals surface area contributed by atoms with Gasteiger partial charge in [-0.15, -0.1) is 0 Å². The zero-order valence-corrected chi connectivity index (χ0v) is 44.6. The van der Waals surface area contributed by atoms with E-state index in [0.717, 1.165) is 89.9 Å². The molecule has 68 heavy (non-hydrogen) atoms. The Kier molecular flexibility index (Phi) is 53.4. The summed E-state index contributed by atoms with van der Waals surface area (Å²) < 4.78 is 16.8. The molecule has 0 aromatic rings. The van der Waals surface area contributed by atoms with Crippen molar-refractivity contribution < 1.29 is 28.6 Å². The second kappa shape index (κ2) is 56.2. The van der Waals surface area contributed by atoms with E-state index in [1.54, 1.807) is 0 Å². The first-order valence-electron chi connectivity index (χ1n) is 28.6. The maximum atomic E-state index is 12.8. The van der Waals surface area contributed by atoms with Gasteiger partial charge in [0.1, 0.15) is 13.2 Å². The number of allylic oxidation sites excluding steroid dienone is 14. The monoisotopic (exact) mass is 947 g/mol. The van der Waals surface area contributed by atoms with Gasteiger partial charge >= 0.3 is 17.9 Å². The number of carbonyl (C=O) groups is 3. The predicted molar refractivity (Wildman–Crippen MR) is 293 cm³/mol. The average molecular weight is 948 g/mol. The summed E-state index contributed by atoms with van der Waals surface area (Å²) in [6, 6.07) is 0. The largest absolute Gasteiger partial charge is 0.462 e. The van der Waals surface area contributed by atoms with Crippen LogP contribution in [0, 0.1) is 0 Å². The molecule has 0 bridgehead atoms. The van der Waals surface area contributed by atoms with Crippen LogP contribution in [0.15, 0.2) is 85.1 Å². The average Bonchev–Trinajstić information content (AvgIpc) is 3.34. The Labute approximate surface area is 420 Å². The molecule has 6 nitrogen and oxygen atoms in total. The van der Waals surface area contributed by atoms with E-state index >= 15 is 0 Å². The molecule has 0 spiro atoms. The van der Waals surface area contributed by atoms with Gasteiger partial charge in [0.05, 0.1) is 0 Å². The van der Waals surface area contributed by atoms with Crippen LogP contribution < -0.4 is 0 Å². The van der Waals surface area contributed by atoms with E-state index in [1.165, 1.54) is 135 Å². The van der Waals surface area contributed by atoms with Gasteiger partial charge in [-0.3, -0.25) is 14.4 Å². The Morgan fingerprint density at radius 1 is 0.309 bits per heavy atom. The third-order valence-corrected chi connectivity index (χ3v) is 12.2. The summed E-state index contributed by atoms with van der Waals surface area (Å²) in [4.78, 5) is 38.1. The maximum Gasteiger partial charge on any atom is 0.306 e. The minimum atomic E-state index is -0.810. The van der Waals surface area contributed by atoms with Crippen molar-refractivity contribution in [3.8, 4) is 0 Å². The van der Waals surface area contributed by atoms with Crippen molar-refractivity contribution in [1.82, 2.24) is 0 Å². The highest BCUT2D eigenvalue weighted by Gasteiger charge is 2.19. The van der Waals surface area contributed by atoms with Gasteiger partial charge in [0.2, 0.25) is 0 Å². The molecule has 0 aliphatic heterocycles. The molecule has 0 heterocycles. The molecular weight excluding hydrogens is 841 g/mol. The summed E-state index contributed by atoms with van der Waals surface area (Å²) in [6.07, 6.45) is 73.1. The van der Waals surface area contributed by atoms with Gasteiger partial charge in [0, 0.05) is 19.3 Å². The van der Waals surface area contributed by atoms with Crippen LogP contribution in [0.2, 0.25) is 0 Å². The standard InChI is InChI=1S/C62H106O6/c1-4-7-10-13-16-19-22-25-27-29-30-31-33-34-37-40-43-46-49-52-55-61(64)67-58-59(57-66-60(63)54-51-48-45-42-39-36-24-21-18-15-12-9-6-3)68-62(65)56-53-50-47-44-41-38-35-32-28-26-23-20-17-14-11-8-5-2/h8-9,11-12,17-18,20-21,26,28,36,39,45,48,59H,4-7,10,13-16,19,22-25,27,29-35,37-38,40-44,46-47,49-58H2,1-3H3/b11-8-,12-9-,20-17-,21-18-,28-26-,39-36-,48-45-. The van der Waals surface area contributed by atoms with Crippen LogP contribution in [-0.2, 0) is 28.6 Å². The fourth-order valence-corrected chi connectivity index (χ4v) is 7.94. The minimum absolute atomic E-state index is 0.101. The highest BCUT2D eigenvalue weighted by Crippen LogP contribution is 2.16. The Morgan fingerprint density at radius 2 is 0.603 bits per heavy atom. The van der Waals surface area contributed by atoms with Gasteiger partial charge in [0.15, 0.2) is 6.10 Å². The number of esters is 3. The molecule has 0 aromatic carbocycles. The molecule has 0 radical (unpaired) electrons. The van der Waals surface area contributed by atoms with Crippen molar-refractivity contribution in [3.05, 3.63) is 85.1 Å². The van der Waals surface area contributed by atoms with Crippen LogP contribution in [0.1, 0.15) is 271 Å². The highest BCUT2D eigenvalue weighted by molar-refractivity contribution is 5.71. The maximum absolute atomic E-state index is 12.8. The zero-order chi connectivity index (χ0) is 49.3. The number of carbonyl (C=O) groups excluding carboxylic acids is 3. The van der Waals surface area contributed by atoms with Crippen LogP contribution in [0.3, 0.4) is 0 Å². The van der Waals surface area contributed by atoms with Crippen molar-refractivity contribution in [2.24, 2.45) is 0 Å². The van der Waals surface area contributed by atoms with E-state index in [4.69, 9.17) is 14.2 Å². The molecule has 0 aliphatic carbocycles. The molecule has 0 fully saturated rings. The van der Waals surface area contributed by atoms with E-state index < -0.39 is 6.10 Å². The SMILES string of the molecule is CC/C=C\C/C=C\C/C=C\C/C=C\CCC(=O)OCC(COC(=O)CCCCCCCCCCCCCCCCCCCCCC)OC(=O)CCCCCCCCC/C=C\C/C=C\C/C=C\CC. The van der Waals surface area contributed by atoms with Crippen molar-refractivity contribution in [2.75, 3.05) is 13.2 Å². The third-order valence-electron chi connectivity index (χ3n) is 12.2. The molecule has 390 valence electrons. The van der Waals surface area contributed by atoms with E-state index in [1.807, 2.05) is 6.08 Å². The Balaban J connectivity index is 4.40. The number of ether oxygens (including phenoxy) is 3. The topological polar surface area (TPSA) is 78.9 Å². The molecule has 0 rings (SSSR count). The molecule has 1 unspecified atom stereocenters. The van der Waals surface area contributed by atoms with Gasteiger partial charge in [-0.2, -0.15) is 0 Å². The summed E-state index contributed by atoms with van der Waals surface area (Å²) in [5, 5.41) is 0. The summed E-state index contributed by atoms with van der Waals surface area (Å²) >= 11 is 0. The van der Waals surface area contributed by atoms with Crippen LogP contribution in [-0.4, -0.2) is 37.2 Å². The van der Waals surface area contributed by atoms with Crippen molar-refractivity contribution in [2.45, 2.75) is 277 Å². The molecule has 0 saturated carbocycles. The fourth-order valence-electron chi connectivity index (χ4n) is 7.94. The molecule has 1 atom stereocenters.